The van der Waals surface area contributed by atoms with Crippen LogP contribution in [0.15, 0.2) is 36.4 Å². The van der Waals surface area contributed by atoms with Crippen molar-refractivity contribution < 1.29 is 27.5 Å². The van der Waals surface area contributed by atoms with Gasteiger partial charge in [0.25, 0.3) is 5.91 Å². The Labute approximate surface area is 264 Å². The van der Waals surface area contributed by atoms with E-state index in [1.165, 1.54) is 19.0 Å². The highest BCUT2D eigenvalue weighted by Gasteiger charge is 2.69. The quantitative estimate of drug-likeness (QED) is 0.445. The van der Waals surface area contributed by atoms with Gasteiger partial charge in [-0.15, -0.1) is 0 Å². The fourth-order valence-electron chi connectivity index (χ4n) is 8.32. The number of amides is 2. The summed E-state index contributed by atoms with van der Waals surface area (Å²) in [5.41, 5.74) is 5.03. The topological polar surface area (TPSA) is 110 Å². The summed E-state index contributed by atoms with van der Waals surface area (Å²) in [4.78, 5) is 29.8. The molecule has 1 spiro atoms. The smallest absolute Gasteiger partial charge is 0.303 e. The SMILES string of the molecule is COc1ccc2c(c1)[C@@H]1[C@H](C)[C@]13Cn1c-2c(C2CCCCC2)c2ccc(cc21)C(=O)NS(=O)(=O)N(C)CCOCCN(C)C3=O. The predicted molar refractivity (Wildman–Crippen MR) is 172 cm³/mol. The van der Waals surface area contributed by atoms with Gasteiger partial charge in [0, 0.05) is 61.7 Å². The molecule has 2 amide bonds. The summed E-state index contributed by atoms with van der Waals surface area (Å²) in [5, 5.41) is 1.06. The first kappa shape index (κ1) is 30.3. The molecule has 2 aromatic carbocycles. The van der Waals surface area contributed by atoms with E-state index in [1.54, 1.807) is 18.1 Å². The van der Waals surface area contributed by atoms with Crippen molar-refractivity contribution in [2.75, 3.05) is 47.5 Å². The van der Waals surface area contributed by atoms with Crippen molar-refractivity contribution in [3.05, 3.63) is 53.1 Å². The molecule has 3 aromatic rings. The van der Waals surface area contributed by atoms with Crippen molar-refractivity contribution >= 4 is 32.9 Å². The third-order valence-corrected chi connectivity index (χ3v) is 12.4. The van der Waals surface area contributed by atoms with Crippen molar-refractivity contribution in [2.24, 2.45) is 11.3 Å². The van der Waals surface area contributed by atoms with Crippen LogP contribution in [0.2, 0.25) is 0 Å². The first-order valence-corrected chi connectivity index (χ1v) is 17.5. The molecule has 11 heteroatoms. The molecule has 7 rings (SSSR count). The molecular formula is C34H42N4O6S. The number of hydrogen-bond acceptors (Lipinski definition) is 6. The van der Waals surface area contributed by atoms with E-state index >= 15 is 0 Å². The highest BCUT2D eigenvalue weighted by atomic mass is 32.2. The van der Waals surface area contributed by atoms with Gasteiger partial charge in [-0.2, -0.15) is 12.7 Å². The van der Waals surface area contributed by atoms with Crippen LogP contribution in [0.3, 0.4) is 0 Å². The van der Waals surface area contributed by atoms with Gasteiger partial charge < -0.3 is 18.9 Å². The predicted octanol–water partition coefficient (Wildman–Crippen LogP) is 4.49. The second kappa shape index (κ2) is 11.1. The Hall–Kier alpha value is -3.41. The minimum absolute atomic E-state index is 0.0000170. The lowest BCUT2D eigenvalue weighted by Gasteiger charge is -2.26. The molecule has 4 bridgehead atoms. The maximum absolute atomic E-state index is 14.6. The second-order valence-corrected chi connectivity index (χ2v) is 15.0. The number of rotatable bonds is 2. The van der Waals surface area contributed by atoms with E-state index in [2.05, 4.69) is 28.3 Å². The number of nitrogens with one attached hydrogen (secondary N) is 1. The van der Waals surface area contributed by atoms with E-state index in [0.29, 0.717) is 19.0 Å². The molecule has 0 unspecified atom stereocenters. The van der Waals surface area contributed by atoms with E-state index < -0.39 is 21.5 Å². The maximum Gasteiger partial charge on any atom is 0.303 e. The molecule has 0 saturated heterocycles. The number of likely N-dealkylation sites (N-methyl/N-ethyl adjacent to an activating group) is 2. The molecule has 2 aliphatic carbocycles. The van der Waals surface area contributed by atoms with E-state index in [9.17, 15) is 18.0 Å². The minimum Gasteiger partial charge on any atom is -0.497 e. The molecule has 240 valence electrons. The van der Waals surface area contributed by atoms with Crippen molar-refractivity contribution in [2.45, 2.75) is 57.4 Å². The van der Waals surface area contributed by atoms with Gasteiger partial charge in [0.05, 0.1) is 31.4 Å². The van der Waals surface area contributed by atoms with Crippen molar-refractivity contribution in [3.63, 3.8) is 0 Å². The Kier molecular flexibility index (Phi) is 7.49. The fraction of sp³-hybridized carbons (Fsp3) is 0.529. The molecule has 1 N–H and O–H groups in total. The van der Waals surface area contributed by atoms with Crippen LogP contribution < -0.4 is 9.46 Å². The van der Waals surface area contributed by atoms with Crippen LogP contribution in [0.1, 0.15) is 72.3 Å². The lowest BCUT2D eigenvalue weighted by molar-refractivity contribution is -0.137. The Morgan fingerprint density at radius 2 is 1.76 bits per heavy atom. The van der Waals surface area contributed by atoms with Crippen LogP contribution >= 0.6 is 0 Å². The summed E-state index contributed by atoms with van der Waals surface area (Å²) >= 11 is 0. The van der Waals surface area contributed by atoms with Crippen LogP contribution in [0.25, 0.3) is 22.2 Å². The van der Waals surface area contributed by atoms with Crippen LogP contribution in [0.4, 0.5) is 0 Å². The molecular weight excluding hydrogens is 592 g/mol. The molecule has 2 aliphatic heterocycles. The van der Waals surface area contributed by atoms with Gasteiger partial charge in [0.1, 0.15) is 5.75 Å². The average molecular weight is 635 g/mol. The zero-order chi connectivity index (χ0) is 31.7. The third-order valence-electron chi connectivity index (χ3n) is 10.9. The number of methoxy groups -OCH3 is 1. The van der Waals surface area contributed by atoms with Crippen LogP contribution in [0, 0.1) is 11.3 Å². The van der Waals surface area contributed by atoms with Gasteiger partial charge in [0.2, 0.25) is 5.91 Å². The van der Waals surface area contributed by atoms with Gasteiger partial charge in [-0.1, -0.05) is 32.3 Å². The van der Waals surface area contributed by atoms with Gasteiger partial charge in [0.15, 0.2) is 0 Å². The van der Waals surface area contributed by atoms with Gasteiger partial charge >= 0.3 is 10.2 Å². The van der Waals surface area contributed by atoms with Crippen LogP contribution in [-0.2, 0) is 26.3 Å². The van der Waals surface area contributed by atoms with Crippen LogP contribution in [-0.4, -0.2) is 81.5 Å². The summed E-state index contributed by atoms with van der Waals surface area (Å²) < 4.78 is 43.1. The van der Waals surface area contributed by atoms with E-state index in [4.69, 9.17) is 9.47 Å². The number of fused-ring (bicyclic) bond motifs is 4. The van der Waals surface area contributed by atoms with Gasteiger partial charge in [-0.25, -0.2) is 4.72 Å². The zero-order valence-corrected chi connectivity index (χ0v) is 27.3. The highest BCUT2D eigenvalue weighted by molar-refractivity contribution is 7.87. The molecule has 10 nitrogen and oxygen atoms in total. The Morgan fingerprint density at radius 3 is 2.51 bits per heavy atom. The molecule has 2 fully saturated rings. The van der Waals surface area contributed by atoms with Crippen molar-refractivity contribution in [1.82, 2.24) is 18.5 Å². The third kappa shape index (κ3) is 4.77. The number of benzene rings is 2. The maximum atomic E-state index is 14.6. The summed E-state index contributed by atoms with van der Waals surface area (Å²) in [7, 11) is 0.825. The Morgan fingerprint density at radius 1 is 1.00 bits per heavy atom. The molecule has 1 aromatic heterocycles. The molecule has 2 saturated carbocycles. The van der Waals surface area contributed by atoms with E-state index in [0.717, 1.165) is 63.5 Å². The fourth-order valence-corrected chi connectivity index (χ4v) is 9.14. The van der Waals surface area contributed by atoms with Crippen molar-refractivity contribution in [3.8, 4) is 17.0 Å². The highest BCUT2D eigenvalue weighted by Crippen LogP contribution is 2.70. The average Bonchev–Trinajstić information content (AvgIpc) is 3.54. The second-order valence-electron chi connectivity index (χ2n) is 13.3. The first-order valence-electron chi connectivity index (χ1n) is 16.0. The Balaban J connectivity index is 1.50. The lowest BCUT2D eigenvalue weighted by atomic mass is 9.81. The number of hydrogen-bond donors (Lipinski definition) is 1. The number of nitrogens with zero attached hydrogens (tertiary/aromatic N) is 3. The molecule has 45 heavy (non-hydrogen) atoms. The minimum atomic E-state index is -4.09. The number of carbonyl (C=O) groups is 2. The van der Waals surface area contributed by atoms with Crippen molar-refractivity contribution in [1.29, 1.82) is 0 Å². The zero-order valence-electron chi connectivity index (χ0n) is 26.5. The number of ether oxygens (including phenoxy) is 2. The largest absolute Gasteiger partial charge is 0.497 e. The van der Waals surface area contributed by atoms with E-state index in [-0.39, 0.29) is 43.1 Å². The first-order chi connectivity index (χ1) is 21.6. The molecule has 3 heterocycles. The lowest BCUT2D eigenvalue weighted by Crippen LogP contribution is -2.43. The standard InChI is InChI=1S/C34H42N4O6S/c1-21-30-27-19-24(43-4)11-13-25(27)31-29(22-8-6-5-7-9-22)26-12-10-23-18-28(26)38(31)20-34(21,30)33(40)36(2)14-16-44-17-15-37(3)45(41,42)35-32(23)39/h10-13,18-19,21-22,30H,5-9,14-17,20H2,1-4H3,(H,35,39)/t21-,30-,34+/m0/s1. The van der Waals surface area contributed by atoms with Gasteiger partial charge in [-0.05, 0) is 66.1 Å². The van der Waals surface area contributed by atoms with E-state index in [1.807, 2.05) is 25.2 Å². The summed E-state index contributed by atoms with van der Waals surface area (Å²) in [6.45, 7) is 3.48. The molecule has 3 atom stereocenters. The molecule has 0 radical (unpaired) electrons. The number of aromatic nitrogens is 1. The summed E-state index contributed by atoms with van der Waals surface area (Å²) in [5.74, 6) is 0.571. The van der Waals surface area contributed by atoms with Crippen LogP contribution in [0.5, 0.6) is 5.75 Å². The monoisotopic (exact) mass is 634 g/mol. The summed E-state index contributed by atoms with van der Waals surface area (Å²) in [6.07, 6.45) is 5.70. The normalized spacial score (nSPS) is 27.5. The Bertz CT molecular complexity index is 1800. The van der Waals surface area contributed by atoms with Gasteiger partial charge in [-0.3, -0.25) is 9.59 Å². The summed E-state index contributed by atoms with van der Waals surface area (Å²) in [6, 6.07) is 11.8. The molecule has 4 aliphatic rings. The number of carbonyl (C=O) groups excluding carboxylic acids is 2.